The molecule has 0 heterocycles. The Morgan fingerprint density at radius 3 is 2.24 bits per heavy atom. The predicted octanol–water partition coefficient (Wildman–Crippen LogP) is 3.32. The summed E-state index contributed by atoms with van der Waals surface area (Å²) >= 11 is 0. The highest BCUT2D eigenvalue weighted by atomic mass is 32.2. The maximum atomic E-state index is 13.5. The van der Waals surface area contributed by atoms with E-state index in [1.807, 2.05) is 43.3 Å². The third-order valence-electron chi connectivity index (χ3n) is 5.43. The quantitative estimate of drug-likeness (QED) is 0.244. The third kappa shape index (κ3) is 6.61. The van der Waals surface area contributed by atoms with E-state index in [0.29, 0.717) is 11.3 Å². The molecule has 0 aliphatic heterocycles. The van der Waals surface area contributed by atoms with E-state index in [2.05, 4.69) is 10.5 Å². The Kier molecular flexibility index (Phi) is 8.45. The summed E-state index contributed by atoms with van der Waals surface area (Å²) in [4.78, 5) is 25.1. The van der Waals surface area contributed by atoms with Crippen LogP contribution in [0.3, 0.4) is 0 Å². The maximum Gasteiger partial charge on any atom is 0.273 e. The van der Waals surface area contributed by atoms with E-state index in [9.17, 15) is 23.3 Å². The summed E-state index contributed by atoms with van der Waals surface area (Å²) in [5, 5.41) is 15.3. The molecule has 1 amide bonds. The summed E-state index contributed by atoms with van der Waals surface area (Å²) in [6.07, 6.45) is 1.44. The van der Waals surface area contributed by atoms with Crippen molar-refractivity contribution in [1.29, 1.82) is 0 Å². The van der Waals surface area contributed by atoms with Crippen molar-refractivity contribution in [3.05, 3.63) is 88.0 Å². The minimum Gasteiger partial charge on any atom is -0.497 e. The molecule has 0 saturated carbocycles. The van der Waals surface area contributed by atoms with Gasteiger partial charge in [0.15, 0.2) is 0 Å². The highest BCUT2D eigenvalue weighted by molar-refractivity contribution is 7.92. The number of benzene rings is 3. The van der Waals surface area contributed by atoms with Crippen LogP contribution in [0.4, 0.5) is 17.1 Å². The van der Waals surface area contributed by atoms with E-state index in [-0.39, 0.29) is 16.3 Å². The van der Waals surface area contributed by atoms with Crippen LogP contribution in [0.5, 0.6) is 5.75 Å². The standard InChI is InChI=1S/C25H27N5O6S/c1-18-5-14-23(15-24(18)30(32)33)37(34,35)29(21-10-12-22(36-4)13-11-21)17-25(31)27-26-16-19-6-8-20(9-7-19)28(2)3/h5-16H,17H2,1-4H3,(H,27,31)/b26-16-. The summed E-state index contributed by atoms with van der Waals surface area (Å²) in [5.41, 5.74) is 4.20. The highest BCUT2D eigenvalue weighted by Crippen LogP contribution is 2.29. The molecule has 0 unspecified atom stereocenters. The smallest absolute Gasteiger partial charge is 0.273 e. The summed E-state index contributed by atoms with van der Waals surface area (Å²) in [6.45, 7) is 0.891. The van der Waals surface area contributed by atoms with Crippen molar-refractivity contribution in [3.63, 3.8) is 0 Å². The van der Waals surface area contributed by atoms with E-state index < -0.39 is 27.4 Å². The van der Waals surface area contributed by atoms with Gasteiger partial charge < -0.3 is 9.64 Å². The number of sulfonamides is 1. The number of carbonyl (C=O) groups excluding carboxylic acids is 1. The van der Waals surface area contributed by atoms with Gasteiger partial charge in [0.2, 0.25) is 0 Å². The second-order valence-corrected chi connectivity index (χ2v) is 10.1. The topological polar surface area (TPSA) is 134 Å². The molecular formula is C25H27N5O6S. The molecule has 3 aromatic carbocycles. The number of hydrazone groups is 1. The zero-order chi connectivity index (χ0) is 27.2. The van der Waals surface area contributed by atoms with Crippen molar-refractivity contribution in [3.8, 4) is 5.75 Å². The summed E-state index contributed by atoms with van der Waals surface area (Å²) in [7, 11) is 0.941. The summed E-state index contributed by atoms with van der Waals surface area (Å²) < 4.78 is 33.1. The van der Waals surface area contributed by atoms with Gasteiger partial charge in [-0.15, -0.1) is 0 Å². The Bertz CT molecular complexity index is 1400. The van der Waals surface area contributed by atoms with Crippen LogP contribution in [-0.4, -0.2) is 53.2 Å². The van der Waals surface area contributed by atoms with E-state index in [4.69, 9.17) is 4.74 Å². The number of anilines is 2. The number of aryl methyl sites for hydroxylation is 1. The lowest BCUT2D eigenvalue weighted by Gasteiger charge is -2.24. The zero-order valence-corrected chi connectivity index (χ0v) is 21.6. The number of nitro benzene ring substituents is 1. The number of hydrogen-bond donors (Lipinski definition) is 1. The van der Waals surface area contributed by atoms with Gasteiger partial charge in [-0.3, -0.25) is 19.2 Å². The maximum absolute atomic E-state index is 13.5. The number of hydrogen-bond acceptors (Lipinski definition) is 8. The van der Waals surface area contributed by atoms with Gasteiger partial charge in [0.1, 0.15) is 12.3 Å². The molecule has 1 N–H and O–H groups in total. The van der Waals surface area contributed by atoms with Gasteiger partial charge in [-0.05, 0) is 55.0 Å². The van der Waals surface area contributed by atoms with Crippen molar-refractivity contribution in [2.45, 2.75) is 11.8 Å². The zero-order valence-electron chi connectivity index (χ0n) is 20.8. The third-order valence-corrected chi connectivity index (χ3v) is 7.20. The second-order valence-electron chi connectivity index (χ2n) is 8.19. The first-order valence-electron chi connectivity index (χ1n) is 11.0. The molecule has 0 radical (unpaired) electrons. The Hall–Kier alpha value is -4.45. The van der Waals surface area contributed by atoms with Crippen LogP contribution >= 0.6 is 0 Å². The fourth-order valence-corrected chi connectivity index (χ4v) is 4.78. The van der Waals surface area contributed by atoms with Crippen LogP contribution in [0.1, 0.15) is 11.1 Å². The van der Waals surface area contributed by atoms with Gasteiger partial charge in [-0.25, -0.2) is 13.8 Å². The van der Waals surface area contributed by atoms with Gasteiger partial charge in [0, 0.05) is 31.4 Å². The van der Waals surface area contributed by atoms with Gasteiger partial charge in [0.05, 0.1) is 28.8 Å². The van der Waals surface area contributed by atoms with E-state index in [1.54, 1.807) is 12.1 Å². The van der Waals surface area contributed by atoms with Crippen molar-refractivity contribution < 1.29 is 22.9 Å². The Morgan fingerprint density at radius 2 is 1.68 bits per heavy atom. The van der Waals surface area contributed by atoms with Gasteiger partial charge in [-0.2, -0.15) is 5.10 Å². The second kappa shape index (κ2) is 11.5. The lowest BCUT2D eigenvalue weighted by Crippen LogP contribution is -2.39. The minimum absolute atomic E-state index is 0.169. The van der Waals surface area contributed by atoms with Crippen LogP contribution in [0.15, 0.2) is 76.7 Å². The summed E-state index contributed by atoms with van der Waals surface area (Å²) in [6, 6.07) is 17.1. The SMILES string of the molecule is COc1ccc(N(CC(=O)N/N=C\c2ccc(N(C)C)cc2)S(=O)(=O)c2ccc(C)c([N+](=O)[O-])c2)cc1. The molecule has 0 fully saturated rings. The number of methoxy groups -OCH3 is 1. The number of rotatable bonds is 10. The minimum atomic E-state index is -4.36. The molecule has 37 heavy (non-hydrogen) atoms. The number of carbonyl (C=O) groups is 1. The fraction of sp³-hybridized carbons (Fsp3) is 0.200. The first-order chi connectivity index (χ1) is 17.5. The van der Waals surface area contributed by atoms with E-state index in [0.717, 1.165) is 21.6 Å². The lowest BCUT2D eigenvalue weighted by atomic mass is 10.2. The molecule has 0 saturated heterocycles. The van der Waals surface area contributed by atoms with Crippen molar-refractivity contribution >= 4 is 39.2 Å². The lowest BCUT2D eigenvalue weighted by molar-refractivity contribution is -0.385. The van der Waals surface area contributed by atoms with Crippen molar-refractivity contribution in [1.82, 2.24) is 5.43 Å². The normalized spacial score (nSPS) is 11.2. The largest absolute Gasteiger partial charge is 0.497 e. The molecule has 0 aliphatic carbocycles. The molecule has 11 nitrogen and oxygen atoms in total. The molecule has 0 aliphatic rings. The van der Waals surface area contributed by atoms with Gasteiger partial charge in [0.25, 0.3) is 21.6 Å². The highest BCUT2D eigenvalue weighted by Gasteiger charge is 2.29. The molecule has 0 bridgehead atoms. The number of ether oxygens (including phenoxy) is 1. The molecule has 0 atom stereocenters. The number of nitrogens with one attached hydrogen (secondary N) is 1. The average molecular weight is 526 g/mol. The fourth-order valence-electron chi connectivity index (χ4n) is 3.34. The van der Waals surface area contributed by atoms with Crippen LogP contribution in [-0.2, 0) is 14.8 Å². The summed E-state index contributed by atoms with van der Waals surface area (Å²) in [5.74, 6) is -0.219. The van der Waals surface area contributed by atoms with E-state index >= 15 is 0 Å². The van der Waals surface area contributed by atoms with Crippen LogP contribution in [0.25, 0.3) is 0 Å². The number of nitrogens with zero attached hydrogens (tertiary/aromatic N) is 4. The number of nitro groups is 1. The van der Waals surface area contributed by atoms with Crippen LogP contribution < -0.4 is 19.4 Å². The van der Waals surface area contributed by atoms with E-state index in [1.165, 1.54) is 44.5 Å². The van der Waals surface area contributed by atoms with Crippen LogP contribution in [0, 0.1) is 17.0 Å². The van der Waals surface area contributed by atoms with Crippen LogP contribution in [0.2, 0.25) is 0 Å². The average Bonchev–Trinajstić information content (AvgIpc) is 2.87. The molecule has 0 aromatic heterocycles. The predicted molar refractivity (Wildman–Crippen MR) is 142 cm³/mol. The molecule has 0 spiro atoms. The molecule has 3 rings (SSSR count). The molecule has 3 aromatic rings. The molecular weight excluding hydrogens is 498 g/mol. The van der Waals surface area contributed by atoms with Gasteiger partial charge in [-0.1, -0.05) is 18.2 Å². The first-order valence-corrected chi connectivity index (χ1v) is 12.5. The first kappa shape index (κ1) is 27.1. The monoisotopic (exact) mass is 525 g/mol. The Balaban J connectivity index is 1.87. The van der Waals surface area contributed by atoms with Crippen molar-refractivity contribution in [2.24, 2.45) is 5.10 Å². The van der Waals surface area contributed by atoms with Crippen molar-refractivity contribution in [2.75, 3.05) is 37.0 Å². The van der Waals surface area contributed by atoms with Gasteiger partial charge >= 0.3 is 0 Å². The Labute approximate surface area is 215 Å². The Morgan fingerprint density at radius 1 is 1.05 bits per heavy atom. The molecule has 12 heteroatoms. The number of amides is 1. The molecule has 194 valence electrons.